The first-order valence-corrected chi connectivity index (χ1v) is 7.54. The van der Waals surface area contributed by atoms with E-state index in [4.69, 9.17) is 8.92 Å². The van der Waals surface area contributed by atoms with E-state index in [2.05, 4.69) is 5.32 Å². The number of rotatable bonds is 6. The van der Waals surface area contributed by atoms with Crippen molar-refractivity contribution in [2.45, 2.75) is 33.3 Å². The van der Waals surface area contributed by atoms with Crippen molar-refractivity contribution in [2.24, 2.45) is 5.41 Å². The monoisotopic (exact) mass is 293 g/mol. The summed E-state index contributed by atoms with van der Waals surface area (Å²) in [6, 6.07) is 0. The van der Waals surface area contributed by atoms with Gasteiger partial charge < -0.3 is 10.1 Å². The summed E-state index contributed by atoms with van der Waals surface area (Å²) in [6.45, 7) is 5.14. The van der Waals surface area contributed by atoms with Gasteiger partial charge in [0.15, 0.2) is 6.10 Å². The highest BCUT2D eigenvalue weighted by Crippen LogP contribution is 2.32. The zero-order valence-corrected chi connectivity index (χ0v) is 12.1. The summed E-state index contributed by atoms with van der Waals surface area (Å²) in [5, 5.41) is 2.49. The number of hydrogen-bond acceptors (Lipinski definition) is 6. The molecular formula is C11H19NO6S. The average molecular weight is 293 g/mol. The number of hydrogen-bond donors (Lipinski definition) is 1. The van der Waals surface area contributed by atoms with Crippen LogP contribution in [0.3, 0.4) is 0 Å². The predicted molar refractivity (Wildman–Crippen MR) is 66.7 cm³/mol. The van der Waals surface area contributed by atoms with E-state index < -0.39 is 27.6 Å². The number of amides is 1. The number of esters is 1. The highest BCUT2D eigenvalue weighted by molar-refractivity contribution is 7.86. The second kappa shape index (κ2) is 5.87. The number of carbonyl (C=O) groups excluding carboxylic acids is 2. The molecule has 1 atom stereocenters. The second-order valence-corrected chi connectivity index (χ2v) is 6.89. The summed E-state index contributed by atoms with van der Waals surface area (Å²) >= 11 is 0. The molecule has 110 valence electrons. The lowest BCUT2D eigenvalue weighted by Gasteiger charge is -2.21. The van der Waals surface area contributed by atoms with Gasteiger partial charge in [-0.05, 0) is 6.42 Å². The predicted octanol–water partition coefficient (Wildman–Crippen LogP) is -0.189. The van der Waals surface area contributed by atoms with E-state index in [0.29, 0.717) is 0 Å². The Kier molecular flexibility index (Phi) is 4.92. The van der Waals surface area contributed by atoms with Gasteiger partial charge in [-0.3, -0.25) is 8.98 Å². The van der Waals surface area contributed by atoms with E-state index in [9.17, 15) is 18.0 Å². The van der Waals surface area contributed by atoms with Crippen LogP contribution in [0.25, 0.3) is 0 Å². The quantitative estimate of drug-likeness (QED) is 0.414. The van der Waals surface area contributed by atoms with Gasteiger partial charge in [-0.25, -0.2) is 4.79 Å². The summed E-state index contributed by atoms with van der Waals surface area (Å²) in [6.07, 6.45) is -0.873. The van der Waals surface area contributed by atoms with Crippen LogP contribution in [0.2, 0.25) is 0 Å². The fraction of sp³-hybridized carbons (Fsp3) is 0.818. The number of carbonyl (C=O) groups is 2. The molecule has 1 rings (SSSR count). The maximum atomic E-state index is 11.7. The van der Waals surface area contributed by atoms with Crippen molar-refractivity contribution in [3.05, 3.63) is 0 Å². The molecule has 1 saturated heterocycles. The molecule has 8 heteroatoms. The minimum Gasteiger partial charge on any atom is -0.463 e. The molecule has 7 nitrogen and oxygen atoms in total. The normalized spacial score (nSPS) is 22.1. The zero-order chi connectivity index (χ0) is 14.7. The minimum atomic E-state index is -3.82. The second-order valence-electron chi connectivity index (χ2n) is 5.17. The van der Waals surface area contributed by atoms with E-state index in [1.54, 1.807) is 13.8 Å². The fourth-order valence-electron chi connectivity index (χ4n) is 1.61. The SMILES string of the molecule is CC(=O)NCCCS(=O)(=O)O[C@H]1C(=O)OCC1(C)C. The first-order chi connectivity index (χ1) is 8.64. The van der Waals surface area contributed by atoms with Crippen molar-refractivity contribution in [3.63, 3.8) is 0 Å². The van der Waals surface area contributed by atoms with Crippen molar-refractivity contribution in [3.8, 4) is 0 Å². The Hall–Kier alpha value is -1.15. The molecule has 1 heterocycles. The van der Waals surface area contributed by atoms with Crippen LogP contribution in [-0.2, 0) is 28.6 Å². The molecule has 0 unspecified atom stereocenters. The Bertz CT molecular complexity index is 456. The fourth-order valence-corrected chi connectivity index (χ4v) is 2.83. The van der Waals surface area contributed by atoms with Crippen LogP contribution >= 0.6 is 0 Å². The summed E-state index contributed by atoms with van der Waals surface area (Å²) in [5.41, 5.74) is -0.665. The molecule has 0 spiro atoms. The molecule has 1 aliphatic rings. The molecule has 1 amide bonds. The van der Waals surface area contributed by atoms with Crippen LogP contribution < -0.4 is 5.32 Å². The summed E-state index contributed by atoms with van der Waals surface area (Å²) in [5.74, 6) is -1.14. The highest BCUT2D eigenvalue weighted by Gasteiger charge is 2.47. The van der Waals surface area contributed by atoms with E-state index in [1.807, 2.05) is 0 Å². The van der Waals surface area contributed by atoms with Gasteiger partial charge in [0.2, 0.25) is 5.91 Å². The van der Waals surface area contributed by atoms with Gasteiger partial charge in [-0.15, -0.1) is 0 Å². The van der Waals surface area contributed by atoms with Gasteiger partial charge >= 0.3 is 5.97 Å². The molecule has 1 aliphatic heterocycles. The molecule has 0 aliphatic carbocycles. The largest absolute Gasteiger partial charge is 0.463 e. The topological polar surface area (TPSA) is 98.8 Å². The molecule has 0 aromatic heterocycles. The van der Waals surface area contributed by atoms with Crippen molar-refractivity contribution in [2.75, 3.05) is 18.9 Å². The molecule has 1 fully saturated rings. The van der Waals surface area contributed by atoms with Crippen LogP contribution in [-0.4, -0.2) is 45.3 Å². The standard InChI is InChI=1S/C11H19NO6S/c1-8(13)12-5-4-6-19(15,16)18-9-10(14)17-7-11(9,2)3/h9H,4-7H2,1-3H3,(H,12,13)/t9-/m0/s1. The van der Waals surface area contributed by atoms with E-state index in [0.717, 1.165) is 0 Å². The van der Waals surface area contributed by atoms with Gasteiger partial charge in [0, 0.05) is 18.9 Å². The maximum Gasteiger partial charge on any atom is 0.337 e. The number of cyclic esters (lactones) is 1. The Morgan fingerprint density at radius 3 is 2.63 bits per heavy atom. The number of ether oxygens (including phenoxy) is 1. The molecule has 0 radical (unpaired) electrons. The van der Waals surface area contributed by atoms with Crippen LogP contribution in [0.4, 0.5) is 0 Å². The first kappa shape index (κ1) is 15.9. The first-order valence-electron chi connectivity index (χ1n) is 5.96. The lowest BCUT2D eigenvalue weighted by Crippen LogP contribution is -2.36. The lowest BCUT2D eigenvalue weighted by molar-refractivity contribution is -0.143. The average Bonchev–Trinajstić information content (AvgIpc) is 2.51. The van der Waals surface area contributed by atoms with Gasteiger partial charge in [0.05, 0.1) is 12.4 Å². The summed E-state index contributed by atoms with van der Waals surface area (Å²) in [4.78, 5) is 22.0. The van der Waals surface area contributed by atoms with Crippen LogP contribution in [0.5, 0.6) is 0 Å². The Morgan fingerprint density at radius 1 is 1.53 bits per heavy atom. The smallest absolute Gasteiger partial charge is 0.337 e. The molecule has 1 N–H and O–H groups in total. The highest BCUT2D eigenvalue weighted by atomic mass is 32.2. The van der Waals surface area contributed by atoms with E-state index in [1.165, 1.54) is 6.92 Å². The van der Waals surface area contributed by atoms with Gasteiger partial charge in [-0.2, -0.15) is 8.42 Å². The van der Waals surface area contributed by atoms with Crippen LogP contribution in [0.15, 0.2) is 0 Å². The Morgan fingerprint density at radius 2 is 2.16 bits per heavy atom. The zero-order valence-electron chi connectivity index (χ0n) is 11.3. The van der Waals surface area contributed by atoms with Gasteiger partial charge in [0.25, 0.3) is 10.1 Å². The number of nitrogens with one attached hydrogen (secondary N) is 1. The van der Waals surface area contributed by atoms with Crippen LogP contribution in [0, 0.1) is 5.41 Å². The molecule has 0 aromatic rings. The van der Waals surface area contributed by atoms with Crippen molar-refractivity contribution in [1.82, 2.24) is 5.32 Å². The summed E-state index contributed by atoms with van der Waals surface area (Å²) in [7, 11) is -3.82. The van der Waals surface area contributed by atoms with Crippen molar-refractivity contribution >= 4 is 22.0 Å². The third-order valence-corrected chi connectivity index (χ3v) is 3.97. The van der Waals surface area contributed by atoms with Gasteiger partial charge in [0.1, 0.15) is 0 Å². The maximum absolute atomic E-state index is 11.7. The third-order valence-electron chi connectivity index (χ3n) is 2.70. The van der Waals surface area contributed by atoms with E-state index >= 15 is 0 Å². The van der Waals surface area contributed by atoms with E-state index in [-0.39, 0.29) is 31.2 Å². The van der Waals surface area contributed by atoms with Crippen molar-refractivity contribution in [1.29, 1.82) is 0 Å². The minimum absolute atomic E-state index is 0.137. The molecule has 0 saturated carbocycles. The van der Waals surface area contributed by atoms with Crippen molar-refractivity contribution < 1.29 is 26.9 Å². The van der Waals surface area contributed by atoms with Gasteiger partial charge in [-0.1, -0.05) is 13.8 Å². The Balaban J connectivity index is 2.50. The summed E-state index contributed by atoms with van der Waals surface area (Å²) < 4.78 is 33.2. The molecular weight excluding hydrogens is 274 g/mol. The van der Waals surface area contributed by atoms with Crippen LogP contribution in [0.1, 0.15) is 27.2 Å². The molecule has 0 bridgehead atoms. The molecule has 19 heavy (non-hydrogen) atoms. The lowest BCUT2D eigenvalue weighted by atomic mass is 9.90. The third kappa shape index (κ3) is 4.79. The Labute approximate surface area is 112 Å². The molecule has 0 aromatic carbocycles.